The van der Waals surface area contributed by atoms with Gasteiger partial charge in [0, 0.05) is 35.8 Å². The number of rotatable bonds is 8. The number of non-ortho nitro benzene ring substituents is 1. The number of para-hydroxylation sites is 1. The van der Waals surface area contributed by atoms with E-state index in [1.165, 1.54) is 29.1 Å². The molecule has 0 bridgehead atoms. The van der Waals surface area contributed by atoms with Gasteiger partial charge in [0.15, 0.2) is 0 Å². The van der Waals surface area contributed by atoms with E-state index in [1.54, 1.807) is 43.6 Å². The molecule has 2 aromatic carbocycles. The van der Waals surface area contributed by atoms with Gasteiger partial charge in [0.05, 0.1) is 22.9 Å². The topological polar surface area (TPSA) is 140 Å². The Hall–Kier alpha value is -3.08. The van der Waals surface area contributed by atoms with Gasteiger partial charge in [-0.3, -0.25) is 19.6 Å². The summed E-state index contributed by atoms with van der Waals surface area (Å²) in [5, 5.41) is 14.8. The number of nitrogens with two attached hydrogens (primary N) is 2. The highest BCUT2D eigenvalue weighted by atomic mass is 32.2. The number of carbonyl (C=O) groups excluding carboxylic acids is 1. The van der Waals surface area contributed by atoms with Crippen molar-refractivity contribution < 1.29 is 9.72 Å². The predicted octanol–water partition coefficient (Wildman–Crippen LogP) is 1.89. The van der Waals surface area contributed by atoms with Gasteiger partial charge >= 0.3 is 0 Å². The van der Waals surface area contributed by atoms with Crippen LogP contribution in [0, 0.1) is 10.1 Å². The molecule has 0 heterocycles. The predicted molar refractivity (Wildman–Crippen MR) is 106 cm³/mol. The van der Waals surface area contributed by atoms with Gasteiger partial charge in [-0.25, -0.2) is 5.84 Å². The Morgan fingerprint density at radius 1 is 1.26 bits per heavy atom. The number of amides is 1. The Kier molecular flexibility index (Phi) is 7.17. The molecule has 10 heteroatoms. The number of carbonyl (C=O) groups is 1. The fourth-order valence-electron chi connectivity index (χ4n) is 2.15. The van der Waals surface area contributed by atoms with E-state index >= 15 is 0 Å². The summed E-state index contributed by atoms with van der Waals surface area (Å²) in [6.07, 6.45) is 1.55. The van der Waals surface area contributed by atoms with Crippen LogP contribution in [0.1, 0.15) is 5.56 Å². The first kappa shape index (κ1) is 20.2. The summed E-state index contributed by atoms with van der Waals surface area (Å²) in [4.78, 5) is 23.1. The molecule has 2 rings (SSSR count). The van der Waals surface area contributed by atoms with Crippen LogP contribution in [-0.2, 0) is 4.79 Å². The molecule has 0 saturated heterocycles. The number of anilines is 1. The third kappa shape index (κ3) is 6.29. The minimum Gasteiger partial charge on any atom is -0.397 e. The fourth-order valence-corrected chi connectivity index (χ4v) is 2.79. The van der Waals surface area contributed by atoms with E-state index in [-0.39, 0.29) is 18.1 Å². The molecule has 2 aromatic rings. The molecule has 0 atom stereocenters. The fraction of sp³-hybridized carbons (Fsp3) is 0.118. The summed E-state index contributed by atoms with van der Waals surface area (Å²) >= 11 is 1.21. The van der Waals surface area contributed by atoms with E-state index in [0.717, 1.165) is 4.90 Å². The molecule has 1 amide bonds. The Morgan fingerprint density at radius 3 is 2.56 bits per heavy atom. The van der Waals surface area contributed by atoms with Gasteiger partial charge in [-0.2, -0.15) is 0 Å². The number of nitrogens with one attached hydrogen (secondary N) is 2. The summed E-state index contributed by atoms with van der Waals surface area (Å²) in [6, 6.07) is 13.2. The highest BCUT2D eigenvalue weighted by molar-refractivity contribution is 7.97. The van der Waals surface area contributed by atoms with Crippen LogP contribution in [0.5, 0.6) is 0 Å². The Balaban J connectivity index is 1.92. The summed E-state index contributed by atoms with van der Waals surface area (Å²) < 4.78 is 2.91. The Morgan fingerprint density at radius 2 is 1.93 bits per heavy atom. The molecule has 9 nitrogen and oxygen atoms in total. The molecule has 0 spiro atoms. The van der Waals surface area contributed by atoms with Crippen LogP contribution in [0.25, 0.3) is 5.70 Å². The zero-order valence-corrected chi connectivity index (χ0v) is 15.4. The van der Waals surface area contributed by atoms with Gasteiger partial charge in [-0.05, 0) is 30.1 Å². The molecule has 6 N–H and O–H groups in total. The van der Waals surface area contributed by atoms with Crippen LogP contribution in [0.3, 0.4) is 0 Å². The minimum absolute atomic E-state index is 0.0162. The smallest absolute Gasteiger partial charge is 0.269 e. The number of benzene rings is 2. The number of hydrogen-bond donors (Lipinski definition) is 4. The van der Waals surface area contributed by atoms with Crippen molar-refractivity contribution in [3.8, 4) is 0 Å². The molecule has 0 aromatic heterocycles. The summed E-state index contributed by atoms with van der Waals surface area (Å²) in [6.45, 7) is 0.0381. The van der Waals surface area contributed by atoms with Gasteiger partial charge in [0.1, 0.15) is 0 Å². The second kappa shape index (κ2) is 9.57. The van der Waals surface area contributed by atoms with Crippen LogP contribution in [-0.4, -0.2) is 29.4 Å². The molecule has 0 unspecified atom stereocenters. The lowest BCUT2D eigenvalue weighted by Crippen LogP contribution is -2.25. The zero-order chi connectivity index (χ0) is 19.8. The lowest BCUT2D eigenvalue weighted by atomic mass is 10.1. The molecule has 27 heavy (non-hydrogen) atoms. The zero-order valence-electron chi connectivity index (χ0n) is 14.6. The molecule has 0 aliphatic carbocycles. The first-order valence-corrected chi connectivity index (χ1v) is 8.66. The third-order valence-corrected chi connectivity index (χ3v) is 4.12. The van der Waals surface area contributed by atoms with Gasteiger partial charge in [0.2, 0.25) is 5.91 Å². The maximum atomic E-state index is 12.2. The molecule has 0 aliphatic rings. The van der Waals surface area contributed by atoms with Gasteiger partial charge in [0.25, 0.3) is 5.69 Å². The normalized spacial score (nSPS) is 11.1. The second-order valence-corrected chi connectivity index (χ2v) is 6.48. The van der Waals surface area contributed by atoms with Crippen molar-refractivity contribution in [2.24, 2.45) is 11.6 Å². The number of nitrogens with zero attached hydrogens (tertiary/aromatic N) is 2. The van der Waals surface area contributed by atoms with Crippen molar-refractivity contribution in [1.29, 1.82) is 0 Å². The van der Waals surface area contributed by atoms with Crippen molar-refractivity contribution in [1.82, 2.24) is 9.73 Å². The van der Waals surface area contributed by atoms with Crippen LogP contribution in [0.15, 0.2) is 59.6 Å². The highest BCUT2D eigenvalue weighted by Crippen LogP contribution is 2.21. The number of hydrazine groups is 1. The maximum Gasteiger partial charge on any atom is 0.269 e. The number of nitro benzene ring substituents is 1. The van der Waals surface area contributed by atoms with Crippen LogP contribution in [0.4, 0.5) is 11.4 Å². The van der Waals surface area contributed by atoms with Crippen molar-refractivity contribution in [2.75, 3.05) is 18.9 Å². The van der Waals surface area contributed by atoms with Gasteiger partial charge in [-0.1, -0.05) is 18.2 Å². The number of hydrogen-bond acceptors (Lipinski definition) is 8. The van der Waals surface area contributed by atoms with Crippen molar-refractivity contribution >= 4 is 34.9 Å². The molecule has 0 radical (unpaired) electrons. The first-order valence-electron chi connectivity index (χ1n) is 7.85. The van der Waals surface area contributed by atoms with E-state index < -0.39 is 4.92 Å². The van der Waals surface area contributed by atoms with Gasteiger partial charge in [-0.15, -0.1) is 0 Å². The minimum atomic E-state index is -0.463. The van der Waals surface area contributed by atoms with Crippen molar-refractivity contribution in [3.05, 3.63) is 70.4 Å². The van der Waals surface area contributed by atoms with Crippen LogP contribution in [0.2, 0.25) is 0 Å². The first-order chi connectivity index (χ1) is 12.9. The van der Waals surface area contributed by atoms with Crippen LogP contribution < -0.4 is 21.6 Å². The van der Waals surface area contributed by atoms with E-state index in [1.807, 2.05) is 6.07 Å². The average molecular weight is 388 g/mol. The highest BCUT2D eigenvalue weighted by Gasteiger charge is 2.09. The SMILES string of the molecule is CN(N)/C=C(\N)c1ccccc1NC(=O)CNSc1ccc([N+](=O)[O-])cc1. The Labute approximate surface area is 160 Å². The van der Waals surface area contributed by atoms with E-state index in [4.69, 9.17) is 11.6 Å². The lowest BCUT2D eigenvalue weighted by Gasteiger charge is -2.13. The van der Waals surface area contributed by atoms with E-state index in [9.17, 15) is 14.9 Å². The molecule has 0 aliphatic heterocycles. The second-order valence-electron chi connectivity index (χ2n) is 5.52. The Bertz CT molecular complexity index is 839. The van der Waals surface area contributed by atoms with Crippen LogP contribution >= 0.6 is 11.9 Å². The van der Waals surface area contributed by atoms with Crippen molar-refractivity contribution in [2.45, 2.75) is 4.90 Å². The monoisotopic (exact) mass is 388 g/mol. The summed E-state index contributed by atoms with van der Waals surface area (Å²) in [5.41, 5.74) is 7.67. The molecular weight excluding hydrogens is 368 g/mol. The third-order valence-electron chi connectivity index (χ3n) is 3.33. The quantitative estimate of drug-likeness (QED) is 0.233. The summed E-state index contributed by atoms with van der Waals surface area (Å²) in [5.74, 6) is 5.31. The molecule has 0 fully saturated rings. The molecule has 0 saturated carbocycles. The maximum absolute atomic E-state index is 12.2. The van der Waals surface area contributed by atoms with Crippen molar-refractivity contribution in [3.63, 3.8) is 0 Å². The largest absolute Gasteiger partial charge is 0.397 e. The van der Waals surface area contributed by atoms with Gasteiger partial charge < -0.3 is 16.1 Å². The molecular formula is C17H20N6O3S. The van der Waals surface area contributed by atoms with E-state index in [2.05, 4.69) is 10.0 Å². The summed E-state index contributed by atoms with van der Waals surface area (Å²) in [7, 11) is 1.65. The molecule has 142 valence electrons. The number of nitro groups is 1. The standard InChI is InChI=1S/C17H20N6O3S/c1-22(19)11-15(18)14-4-2-3-5-16(14)21-17(24)10-20-27-13-8-6-12(7-9-13)23(25)26/h2-9,11,20H,10,18-19H2,1H3,(H,21,24)/b15-11-. The average Bonchev–Trinajstić information content (AvgIpc) is 2.62. The van der Waals surface area contributed by atoms with E-state index in [0.29, 0.717) is 16.9 Å². The lowest BCUT2D eigenvalue weighted by molar-refractivity contribution is -0.384.